The van der Waals surface area contributed by atoms with E-state index in [0.29, 0.717) is 34.9 Å². The van der Waals surface area contributed by atoms with E-state index in [0.717, 1.165) is 0 Å². The van der Waals surface area contributed by atoms with Crippen LogP contribution in [0, 0.1) is 17.1 Å². The number of ether oxygens (including phenoxy) is 2. The average Bonchev–Trinajstić information content (AvgIpc) is 2.79. The summed E-state index contributed by atoms with van der Waals surface area (Å²) in [6, 6.07) is 19.9. The van der Waals surface area contributed by atoms with Crippen LogP contribution in [0.25, 0.3) is 6.08 Å². The lowest BCUT2D eigenvalue weighted by Gasteiger charge is -2.10. The van der Waals surface area contributed by atoms with Crippen LogP contribution in [0.5, 0.6) is 11.5 Å². The summed E-state index contributed by atoms with van der Waals surface area (Å²) < 4.78 is 24.7. The van der Waals surface area contributed by atoms with Crippen LogP contribution in [0.4, 0.5) is 10.1 Å². The number of anilines is 1. The summed E-state index contributed by atoms with van der Waals surface area (Å²) in [5.74, 6) is 0.144. The Morgan fingerprint density at radius 3 is 2.53 bits per heavy atom. The second kappa shape index (κ2) is 11.0. The number of rotatable bonds is 8. The summed E-state index contributed by atoms with van der Waals surface area (Å²) in [6.45, 7) is 2.45. The Morgan fingerprint density at radius 2 is 1.88 bits per heavy atom. The van der Waals surface area contributed by atoms with Gasteiger partial charge in [0, 0.05) is 11.3 Å². The quantitative estimate of drug-likeness (QED) is 0.337. The molecular weight excluding hydrogens is 431 g/mol. The first-order chi connectivity index (χ1) is 15.5. The SMILES string of the molecule is CCOc1ccc(NC(=O)/C(C#N)=C/c2ccc(OCc3ccccc3F)c(Cl)c2)cc1. The molecule has 0 saturated heterocycles. The van der Waals surface area contributed by atoms with Crippen LogP contribution in [0.2, 0.25) is 5.02 Å². The van der Waals surface area contributed by atoms with Crippen molar-refractivity contribution in [1.82, 2.24) is 0 Å². The van der Waals surface area contributed by atoms with Crippen LogP contribution in [0.15, 0.2) is 72.3 Å². The van der Waals surface area contributed by atoms with E-state index in [-0.39, 0.29) is 23.0 Å². The predicted molar refractivity (Wildman–Crippen MR) is 122 cm³/mol. The fraction of sp³-hybridized carbons (Fsp3) is 0.120. The van der Waals surface area contributed by atoms with E-state index >= 15 is 0 Å². The van der Waals surface area contributed by atoms with Gasteiger partial charge in [-0.3, -0.25) is 4.79 Å². The highest BCUT2D eigenvalue weighted by Gasteiger charge is 2.11. The van der Waals surface area contributed by atoms with E-state index in [1.807, 2.05) is 13.0 Å². The highest BCUT2D eigenvalue weighted by Crippen LogP contribution is 2.27. The monoisotopic (exact) mass is 450 g/mol. The number of hydrogen-bond donors (Lipinski definition) is 1. The van der Waals surface area contributed by atoms with Crippen molar-refractivity contribution in [3.8, 4) is 17.6 Å². The van der Waals surface area contributed by atoms with Crippen LogP contribution >= 0.6 is 11.6 Å². The largest absolute Gasteiger partial charge is 0.494 e. The summed E-state index contributed by atoms with van der Waals surface area (Å²) in [6.07, 6.45) is 1.43. The zero-order chi connectivity index (χ0) is 22.9. The van der Waals surface area contributed by atoms with Gasteiger partial charge in [-0.05, 0) is 61.0 Å². The van der Waals surface area contributed by atoms with Crippen molar-refractivity contribution in [2.24, 2.45) is 0 Å². The Kier molecular flexibility index (Phi) is 7.85. The van der Waals surface area contributed by atoms with Gasteiger partial charge in [-0.1, -0.05) is 35.9 Å². The molecule has 0 radical (unpaired) electrons. The smallest absolute Gasteiger partial charge is 0.266 e. The van der Waals surface area contributed by atoms with Crippen molar-refractivity contribution >= 4 is 29.3 Å². The molecule has 0 aromatic heterocycles. The molecule has 1 amide bonds. The highest BCUT2D eigenvalue weighted by molar-refractivity contribution is 6.32. The lowest BCUT2D eigenvalue weighted by Crippen LogP contribution is -2.13. The first kappa shape index (κ1) is 22.9. The molecule has 7 heteroatoms. The summed E-state index contributed by atoms with van der Waals surface area (Å²) >= 11 is 6.27. The molecule has 3 rings (SSSR count). The van der Waals surface area contributed by atoms with Crippen molar-refractivity contribution in [2.45, 2.75) is 13.5 Å². The maximum absolute atomic E-state index is 13.7. The van der Waals surface area contributed by atoms with E-state index in [1.54, 1.807) is 60.7 Å². The number of carbonyl (C=O) groups is 1. The summed E-state index contributed by atoms with van der Waals surface area (Å²) in [4.78, 5) is 12.5. The number of amides is 1. The maximum Gasteiger partial charge on any atom is 0.266 e. The minimum Gasteiger partial charge on any atom is -0.494 e. The van der Waals surface area contributed by atoms with Gasteiger partial charge in [0.1, 0.15) is 35.6 Å². The van der Waals surface area contributed by atoms with Crippen molar-refractivity contribution in [3.63, 3.8) is 0 Å². The van der Waals surface area contributed by atoms with E-state index in [1.165, 1.54) is 12.1 Å². The normalized spacial score (nSPS) is 10.9. The molecule has 0 spiro atoms. The summed E-state index contributed by atoms with van der Waals surface area (Å²) in [5.41, 5.74) is 1.40. The molecular formula is C25H20ClFN2O3. The molecule has 0 aliphatic rings. The van der Waals surface area contributed by atoms with Gasteiger partial charge in [0.2, 0.25) is 0 Å². The van der Waals surface area contributed by atoms with E-state index < -0.39 is 5.91 Å². The molecule has 3 aromatic carbocycles. The van der Waals surface area contributed by atoms with Crippen molar-refractivity contribution in [3.05, 3.63) is 94.3 Å². The zero-order valence-corrected chi connectivity index (χ0v) is 18.0. The van der Waals surface area contributed by atoms with Gasteiger partial charge >= 0.3 is 0 Å². The number of carbonyl (C=O) groups excluding carboxylic acids is 1. The zero-order valence-electron chi connectivity index (χ0n) is 17.3. The Labute approximate surface area is 190 Å². The molecule has 0 unspecified atom stereocenters. The maximum atomic E-state index is 13.7. The van der Waals surface area contributed by atoms with Crippen molar-refractivity contribution in [1.29, 1.82) is 5.26 Å². The van der Waals surface area contributed by atoms with Crippen molar-refractivity contribution < 1.29 is 18.7 Å². The third-order valence-electron chi connectivity index (χ3n) is 4.40. The van der Waals surface area contributed by atoms with Gasteiger partial charge in [-0.2, -0.15) is 5.26 Å². The van der Waals surface area contributed by atoms with Gasteiger partial charge in [-0.15, -0.1) is 0 Å². The topological polar surface area (TPSA) is 71.3 Å². The lowest BCUT2D eigenvalue weighted by atomic mass is 10.1. The number of nitrogens with one attached hydrogen (secondary N) is 1. The first-order valence-electron chi connectivity index (χ1n) is 9.82. The Bertz CT molecular complexity index is 1170. The molecule has 0 aliphatic heterocycles. The Morgan fingerprint density at radius 1 is 1.12 bits per heavy atom. The molecule has 32 heavy (non-hydrogen) atoms. The summed E-state index contributed by atoms with van der Waals surface area (Å²) in [5, 5.41) is 12.4. The molecule has 0 aliphatic carbocycles. The third kappa shape index (κ3) is 6.10. The molecule has 5 nitrogen and oxygen atoms in total. The highest BCUT2D eigenvalue weighted by atomic mass is 35.5. The number of nitrogens with zero attached hydrogens (tertiary/aromatic N) is 1. The minimum absolute atomic E-state index is 0.0233. The molecule has 0 bridgehead atoms. The van der Waals surface area contributed by atoms with Crippen LogP contribution < -0.4 is 14.8 Å². The molecule has 0 saturated carbocycles. The van der Waals surface area contributed by atoms with Crippen molar-refractivity contribution in [2.75, 3.05) is 11.9 Å². The van der Waals surface area contributed by atoms with Gasteiger partial charge in [0.15, 0.2) is 0 Å². The second-order valence-electron chi connectivity index (χ2n) is 6.65. The summed E-state index contributed by atoms with van der Waals surface area (Å²) in [7, 11) is 0. The number of nitriles is 1. The fourth-order valence-electron chi connectivity index (χ4n) is 2.81. The van der Waals surface area contributed by atoms with E-state index in [4.69, 9.17) is 21.1 Å². The Hall–Kier alpha value is -3.82. The standard InChI is InChI=1S/C25H20ClFN2O3/c1-2-31-21-10-8-20(9-11-21)29-25(30)19(15-28)13-17-7-12-24(22(26)14-17)32-16-18-5-3-4-6-23(18)27/h3-14H,2,16H2,1H3,(H,29,30)/b19-13+. The number of benzene rings is 3. The molecule has 0 atom stereocenters. The van der Waals surface area contributed by atoms with Crippen LogP contribution in [0.3, 0.4) is 0 Å². The van der Waals surface area contributed by atoms with E-state index in [9.17, 15) is 14.4 Å². The third-order valence-corrected chi connectivity index (χ3v) is 4.69. The average molecular weight is 451 g/mol. The van der Waals surface area contributed by atoms with Gasteiger partial charge < -0.3 is 14.8 Å². The molecule has 162 valence electrons. The lowest BCUT2D eigenvalue weighted by molar-refractivity contribution is -0.112. The molecule has 0 heterocycles. The molecule has 1 N–H and O–H groups in total. The van der Waals surface area contributed by atoms with Gasteiger partial charge in [0.25, 0.3) is 5.91 Å². The second-order valence-corrected chi connectivity index (χ2v) is 7.06. The first-order valence-corrected chi connectivity index (χ1v) is 10.2. The molecule has 3 aromatic rings. The van der Waals surface area contributed by atoms with Crippen LogP contribution in [-0.4, -0.2) is 12.5 Å². The fourth-order valence-corrected chi connectivity index (χ4v) is 3.05. The minimum atomic E-state index is -0.548. The van der Waals surface area contributed by atoms with Gasteiger partial charge in [0.05, 0.1) is 11.6 Å². The molecule has 0 fully saturated rings. The number of halogens is 2. The van der Waals surface area contributed by atoms with E-state index in [2.05, 4.69) is 5.32 Å². The van der Waals surface area contributed by atoms with Crippen LogP contribution in [0.1, 0.15) is 18.1 Å². The van der Waals surface area contributed by atoms with Crippen LogP contribution in [-0.2, 0) is 11.4 Å². The Balaban J connectivity index is 1.68. The predicted octanol–water partition coefficient (Wildman–Crippen LogP) is 6.00. The number of hydrogen-bond acceptors (Lipinski definition) is 4. The van der Waals surface area contributed by atoms with Gasteiger partial charge in [-0.25, -0.2) is 4.39 Å².